The van der Waals surface area contributed by atoms with Crippen LogP contribution in [0.1, 0.15) is 13.3 Å². The van der Waals surface area contributed by atoms with E-state index >= 15 is 0 Å². The minimum absolute atomic E-state index is 0. The Labute approximate surface area is 135 Å². The van der Waals surface area contributed by atoms with Gasteiger partial charge < -0.3 is 10.1 Å². The van der Waals surface area contributed by atoms with E-state index in [1.54, 1.807) is 12.1 Å². The third kappa shape index (κ3) is 5.97. The van der Waals surface area contributed by atoms with E-state index in [4.69, 9.17) is 4.74 Å². The Bertz CT molecular complexity index is 511. The Balaban J connectivity index is 0.00000361. The monoisotopic (exact) mass is 386 g/mol. The van der Waals surface area contributed by atoms with Gasteiger partial charge in [0.05, 0.1) is 16.0 Å². The minimum Gasteiger partial charge on any atom is -0.493 e. The molecule has 0 fully saturated rings. The standard InChI is InChI=1S/C12H19BrN2O3S.ClH/c1-3-18-12-6-5-10(9-11(12)13)19(16,17)15-8-4-7-14-2;/h5-6,9,14-15H,3-4,7-8H2,1-2H3;1H. The van der Waals surface area contributed by atoms with Crippen LogP contribution in [-0.4, -0.2) is 35.2 Å². The molecule has 8 heteroatoms. The molecular weight excluding hydrogens is 368 g/mol. The van der Waals surface area contributed by atoms with Crippen molar-refractivity contribution in [1.82, 2.24) is 10.0 Å². The summed E-state index contributed by atoms with van der Waals surface area (Å²) in [5, 5.41) is 2.97. The molecule has 0 aromatic heterocycles. The highest BCUT2D eigenvalue weighted by Crippen LogP contribution is 2.27. The van der Waals surface area contributed by atoms with Crippen molar-refractivity contribution in [2.24, 2.45) is 0 Å². The minimum atomic E-state index is -3.46. The zero-order valence-corrected chi connectivity index (χ0v) is 14.7. The molecule has 1 aromatic rings. The average molecular weight is 388 g/mol. The number of hydrogen-bond donors (Lipinski definition) is 2. The van der Waals surface area contributed by atoms with E-state index in [9.17, 15) is 8.42 Å². The molecule has 1 rings (SSSR count). The fourth-order valence-electron chi connectivity index (χ4n) is 1.48. The van der Waals surface area contributed by atoms with Crippen LogP contribution in [0.3, 0.4) is 0 Å². The van der Waals surface area contributed by atoms with Crippen LogP contribution in [0.4, 0.5) is 0 Å². The summed E-state index contributed by atoms with van der Waals surface area (Å²) < 4.78 is 32.6. The molecule has 0 unspecified atom stereocenters. The first-order chi connectivity index (χ1) is 9.01. The average Bonchev–Trinajstić information content (AvgIpc) is 2.37. The summed E-state index contributed by atoms with van der Waals surface area (Å²) in [6, 6.07) is 4.73. The molecule has 2 N–H and O–H groups in total. The second-order valence-electron chi connectivity index (χ2n) is 3.88. The van der Waals surface area contributed by atoms with Crippen molar-refractivity contribution in [3.8, 4) is 5.75 Å². The molecule has 0 heterocycles. The summed E-state index contributed by atoms with van der Waals surface area (Å²) >= 11 is 3.31. The summed E-state index contributed by atoms with van der Waals surface area (Å²) in [5.41, 5.74) is 0. The maximum absolute atomic E-state index is 12.0. The molecule has 0 amide bonds. The van der Waals surface area contributed by atoms with Gasteiger partial charge in [0.1, 0.15) is 5.75 Å². The molecule has 0 saturated carbocycles. The van der Waals surface area contributed by atoms with Gasteiger partial charge in [-0.15, -0.1) is 12.4 Å². The van der Waals surface area contributed by atoms with Crippen LogP contribution >= 0.6 is 28.3 Å². The number of rotatable bonds is 8. The van der Waals surface area contributed by atoms with E-state index in [0.717, 1.165) is 13.0 Å². The fraction of sp³-hybridized carbons (Fsp3) is 0.500. The maximum Gasteiger partial charge on any atom is 0.240 e. The third-order valence-electron chi connectivity index (χ3n) is 2.41. The second-order valence-corrected chi connectivity index (χ2v) is 6.50. The third-order valence-corrected chi connectivity index (χ3v) is 4.49. The van der Waals surface area contributed by atoms with Gasteiger partial charge in [-0.2, -0.15) is 0 Å². The molecule has 5 nitrogen and oxygen atoms in total. The highest BCUT2D eigenvalue weighted by Gasteiger charge is 2.15. The van der Waals surface area contributed by atoms with E-state index in [-0.39, 0.29) is 17.3 Å². The van der Waals surface area contributed by atoms with Crippen molar-refractivity contribution in [2.75, 3.05) is 26.7 Å². The summed E-state index contributed by atoms with van der Waals surface area (Å²) in [4.78, 5) is 0.229. The van der Waals surface area contributed by atoms with E-state index in [2.05, 4.69) is 26.0 Å². The van der Waals surface area contributed by atoms with Gasteiger partial charge in [-0.3, -0.25) is 0 Å². The van der Waals surface area contributed by atoms with Crippen LogP contribution in [0, 0.1) is 0 Å². The SMILES string of the molecule is CCOc1ccc(S(=O)(=O)NCCCNC)cc1Br.Cl. The van der Waals surface area contributed by atoms with Crippen molar-refractivity contribution in [1.29, 1.82) is 0 Å². The lowest BCUT2D eigenvalue weighted by Gasteiger charge is -2.09. The number of benzene rings is 1. The molecule has 0 aliphatic heterocycles. The molecule has 0 aliphatic rings. The van der Waals surface area contributed by atoms with Crippen molar-refractivity contribution >= 4 is 38.4 Å². The largest absolute Gasteiger partial charge is 0.493 e. The molecule has 0 atom stereocenters. The van der Waals surface area contributed by atoms with Gasteiger partial charge in [-0.05, 0) is 61.1 Å². The molecular formula is C12H20BrClN2O3S. The van der Waals surface area contributed by atoms with Crippen LogP contribution in [0.2, 0.25) is 0 Å². The Morgan fingerprint density at radius 2 is 2.00 bits per heavy atom. The Morgan fingerprint density at radius 1 is 1.30 bits per heavy atom. The van der Waals surface area contributed by atoms with E-state index in [0.29, 0.717) is 23.4 Å². The topological polar surface area (TPSA) is 67.4 Å². The fourth-order valence-corrected chi connectivity index (χ4v) is 3.22. The van der Waals surface area contributed by atoms with Gasteiger partial charge >= 0.3 is 0 Å². The Hall–Kier alpha value is -0.340. The summed E-state index contributed by atoms with van der Waals surface area (Å²) in [7, 11) is -1.63. The number of ether oxygens (including phenoxy) is 1. The quantitative estimate of drug-likeness (QED) is 0.671. The zero-order valence-electron chi connectivity index (χ0n) is 11.5. The van der Waals surface area contributed by atoms with Crippen molar-refractivity contribution in [2.45, 2.75) is 18.2 Å². The number of nitrogens with one attached hydrogen (secondary N) is 2. The number of sulfonamides is 1. The number of hydrogen-bond acceptors (Lipinski definition) is 4. The highest BCUT2D eigenvalue weighted by atomic mass is 79.9. The van der Waals surface area contributed by atoms with Gasteiger partial charge in [-0.25, -0.2) is 13.1 Å². The summed E-state index contributed by atoms with van der Waals surface area (Å²) in [6.45, 7) is 3.59. The molecule has 20 heavy (non-hydrogen) atoms. The lowest BCUT2D eigenvalue weighted by molar-refractivity contribution is 0.338. The lowest BCUT2D eigenvalue weighted by Crippen LogP contribution is -2.26. The van der Waals surface area contributed by atoms with Gasteiger partial charge in [0.25, 0.3) is 0 Å². The van der Waals surface area contributed by atoms with Crippen LogP contribution in [0.25, 0.3) is 0 Å². The van der Waals surface area contributed by atoms with Gasteiger partial charge in [0, 0.05) is 6.54 Å². The first-order valence-corrected chi connectivity index (χ1v) is 8.35. The van der Waals surface area contributed by atoms with E-state index in [1.807, 2.05) is 14.0 Å². The first kappa shape index (κ1) is 19.7. The molecule has 0 bridgehead atoms. The van der Waals surface area contributed by atoms with Crippen molar-refractivity contribution in [3.63, 3.8) is 0 Å². The van der Waals surface area contributed by atoms with Crippen LogP contribution in [-0.2, 0) is 10.0 Å². The smallest absolute Gasteiger partial charge is 0.240 e. The maximum atomic E-state index is 12.0. The predicted octanol–water partition coefficient (Wildman–Crippen LogP) is 2.16. The van der Waals surface area contributed by atoms with Crippen molar-refractivity contribution < 1.29 is 13.2 Å². The van der Waals surface area contributed by atoms with Crippen LogP contribution in [0.15, 0.2) is 27.6 Å². The van der Waals surface area contributed by atoms with Gasteiger partial charge in [0.2, 0.25) is 10.0 Å². The number of halogens is 2. The van der Waals surface area contributed by atoms with Crippen LogP contribution < -0.4 is 14.8 Å². The molecule has 116 valence electrons. The normalized spacial score (nSPS) is 10.9. The van der Waals surface area contributed by atoms with Gasteiger partial charge in [0.15, 0.2) is 0 Å². The Kier molecular flexibility index (Phi) is 9.41. The summed E-state index contributed by atoms with van der Waals surface area (Å²) in [5.74, 6) is 0.636. The zero-order chi connectivity index (χ0) is 14.3. The second kappa shape index (κ2) is 9.57. The molecule has 0 aliphatic carbocycles. The highest BCUT2D eigenvalue weighted by molar-refractivity contribution is 9.10. The summed E-state index contributed by atoms with van der Waals surface area (Å²) in [6.07, 6.45) is 0.744. The Morgan fingerprint density at radius 3 is 2.55 bits per heavy atom. The van der Waals surface area contributed by atoms with E-state index < -0.39 is 10.0 Å². The first-order valence-electron chi connectivity index (χ1n) is 6.08. The molecule has 0 spiro atoms. The van der Waals surface area contributed by atoms with Crippen molar-refractivity contribution in [3.05, 3.63) is 22.7 Å². The predicted molar refractivity (Wildman–Crippen MR) is 86.3 cm³/mol. The van der Waals surface area contributed by atoms with Crippen LogP contribution in [0.5, 0.6) is 5.75 Å². The lowest BCUT2D eigenvalue weighted by atomic mass is 10.3. The molecule has 1 aromatic carbocycles. The molecule has 0 saturated heterocycles. The molecule has 0 radical (unpaired) electrons. The van der Waals surface area contributed by atoms with Gasteiger partial charge in [-0.1, -0.05) is 0 Å². The van der Waals surface area contributed by atoms with E-state index in [1.165, 1.54) is 6.07 Å².